The summed E-state index contributed by atoms with van der Waals surface area (Å²) < 4.78 is 5.14. The van der Waals surface area contributed by atoms with Gasteiger partial charge in [0.05, 0.1) is 12.4 Å². The number of hydrogen-bond acceptors (Lipinski definition) is 3. The number of ether oxygens (including phenoxy) is 1. The standard InChI is InChI=1S/C12H25N3O/c1-16-10-9-15(8-7-12(13)14)11-5-3-2-4-6-11/h11H,2-10H2,1H3,(H3,13,14). The highest BCUT2D eigenvalue weighted by molar-refractivity contribution is 5.76. The van der Waals surface area contributed by atoms with E-state index < -0.39 is 0 Å². The van der Waals surface area contributed by atoms with E-state index in [-0.39, 0.29) is 0 Å². The van der Waals surface area contributed by atoms with E-state index in [9.17, 15) is 0 Å². The summed E-state index contributed by atoms with van der Waals surface area (Å²) in [5.41, 5.74) is 5.42. The van der Waals surface area contributed by atoms with Gasteiger partial charge in [-0.3, -0.25) is 10.3 Å². The van der Waals surface area contributed by atoms with Crippen molar-refractivity contribution in [2.45, 2.75) is 44.6 Å². The number of rotatable bonds is 7. The highest BCUT2D eigenvalue weighted by Gasteiger charge is 2.20. The van der Waals surface area contributed by atoms with Crippen LogP contribution in [0.25, 0.3) is 0 Å². The van der Waals surface area contributed by atoms with Gasteiger partial charge < -0.3 is 10.5 Å². The Hall–Kier alpha value is -0.610. The second kappa shape index (κ2) is 7.63. The Morgan fingerprint density at radius 3 is 2.56 bits per heavy atom. The first kappa shape index (κ1) is 13.5. The van der Waals surface area contributed by atoms with Crippen LogP contribution in [0.15, 0.2) is 0 Å². The van der Waals surface area contributed by atoms with Crippen LogP contribution in [-0.4, -0.2) is 43.6 Å². The molecule has 0 aromatic carbocycles. The van der Waals surface area contributed by atoms with Gasteiger partial charge in [0, 0.05) is 32.7 Å². The van der Waals surface area contributed by atoms with E-state index in [0.717, 1.165) is 19.7 Å². The average molecular weight is 227 g/mol. The molecule has 1 aliphatic rings. The largest absolute Gasteiger partial charge is 0.388 e. The van der Waals surface area contributed by atoms with Crippen molar-refractivity contribution in [2.75, 3.05) is 26.8 Å². The summed E-state index contributed by atoms with van der Waals surface area (Å²) in [6.07, 6.45) is 7.33. The second-order valence-electron chi connectivity index (χ2n) is 4.60. The van der Waals surface area contributed by atoms with Crippen molar-refractivity contribution in [3.05, 3.63) is 0 Å². The first-order valence-corrected chi connectivity index (χ1v) is 6.30. The van der Waals surface area contributed by atoms with Crippen LogP contribution in [-0.2, 0) is 4.74 Å². The highest BCUT2D eigenvalue weighted by atomic mass is 16.5. The maximum Gasteiger partial charge on any atom is 0.0918 e. The molecule has 4 heteroatoms. The number of nitrogens with zero attached hydrogens (tertiary/aromatic N) is 1. The van der Waals surface area contributed by atoms with Gasteiger partial charge >= 0.3 is 0 Å². The van der Waals surface area contributed by atoms with E-state index in [1.54, 1.807) is 7.11 Å². The molecule has 16 heavy (non-hydrogen) atoms. The summed E-state index contributed by atoms with van der Waals surface area (Å²) in [6, 6.07) is 0.684. The fourth-order valence-corrected chi connectivity index (χ4v) is 2.40. The minimum atomic E-state index is 0.290. The van der Waals surface area contributed by atoms with Crippen LogP contribution in [0.4, 0.5) is 0 Å². The van der Waals surface area contributed by atoms with Gasteiger partial charge in [0.2, 0.25) is 0 Å². The molecular formula is C12H25N3O. The Balaban J connectivity index is 2.37. The van der Waals surface area contributed by atoms with E-state index in [0.29, 0.717) is 18.3 Å². The van der Waals surface area contributed by atoms with E-state index in [1.807, 2.05) is 0 Å². The van der Waals surface area contributed by atoms with Gasteiger partial charge in [0.25, 0.3) is 0 Å². The molecule has 3 N–H and O–H groups in total. The zero-order chi connectivity index (χ0) is 11.8. The predicted octanol–water partition coefficient (Wildman–Crippen LogP) is 1.59. The monoisotopic (exact) mass is 227 g/mol. The normalized spacial score (nSPS) is 17.9. The van der Waals surface area contributed by atoms with Gasteiger partial charge in [-0.25, -0.2) is 0 Å². The molecular weight excluding hydrogens is 202 g/mol. The molecule has 0 aliphatic heterocycles. The molecule has 0 amide bonds. The van der Waals surface area contributed by atoms with Crippen molar-refractivity contribution >= 4 is 5.84 Å². The molecule has 1 fully saturated rings. The van der Waals surface area contributed by atoms with Crippen molar-refractivity contribution in [2.24, 2.45) is 5.73 Å². The molecule has 0 aromatic heterocycles. The van der Waals surface area contributed by atoms with Crippen LogP contribution in [0.2, 0.25) is 0 Å². The molecule has 0 saturated heterocycles. The van der Waals surface area contributed by atoms with E-state index in [2.05, 4.69) is 4.90 Å². The third-order valence-electron chi connectivity index (χ3n) is 3.34. The lowest BCUT2D eigenvalue weighted by atomic mass is 9.94. The average Bonchev–Trinajstić information content (AvgIpc) is 2.30. The van der Waals surface area contributed by atoms with Crippen LogP contribution in [0.5, 0.6) is 0 Å². The minimum Gasteiger partial charge on any atom is -0.388 e. The van der Waals surface area contributed by atoms with E-state index >= 15 is 0 Å². The molecule has 0 atom stereocenters. The molecule has 4 nitrogen and oxygen atoms in total. The smallest absolute Gasteiger partial charge is 0.0918 e. The van der Waals surface area contributed by atoms with Gasteiger partial charge in [0.1, 0.15) is 0 Å². The summed E-state index contributed by atoms with van der Waals surface area (Å²) in [6.45, 7) is 2.65. The lowest BCUT2D eigenvalue weighted by molar-refractivity contribution is 0.104. The fourth-order valence-electron chi connectivity index (χ4n) is 2.40. The van der Waals surface area contributed by atoms with Crippen molar-refractivity contribution in [1.82, 2.24) is 4.90 Å². The number of amidine groups is 1. The Morgan fingerprint density at radius 2 is 2.00 bits per heavy atom. The van der Waals surface area contributed by atoms with Crippen molar-refractivity contribution < 1.29 is 4.74 Å². The molecule has 1 aliphatic carbocycles. The van der Waals surface area contributed by atoms with E-state index in [4.69, 9.17) is 15.9 Å². The maximum absolute atomic E-state index is 7.30. The van der Waals surface area contributed by atoms with Gasteiger partial charge in [-0.2, -0.15) is 0 Å². The summed E-state index contributed by atoms with van der Waals surface area (Å²) in [7, 11) is 1.74. The Kier molecular flexibility index (Phi) is 6.42. The first-order valence-electron chi connectivity index (χ1n) is 6.30. The van der Waals surface area contributed by atoms with Gasteiger partial charge in [-0.05, 0) is 12.8 Å². The molecule has 94 valence electrons. The zero-order valence-corrected chi connectivity index (χ0v) is 10.4. The predicted molar refractivity (Wildman–Crippen MR) is 66.9 cm³/mol. The lowest BCUT2D eigenvalue weighted by Crippen LogP contribution is -2.40. The zero-order valence-electron chi connectivity index (χ0n) is 10.4. The molecule has 0 heterocycles. The van der Waals surface area contributed by atoms with Gasteiger partial charge in [-0.15, -0.1) is 0 Å². The molecule has 0 bridgehead atoms. The number of hydrogen-bond donors (Lipinski definition) is 2. The third kappa shape index (κ3) is 4.94. The summed E-state index contributed by atoms with van der Waals surface area (Å²) >= 11 is 0. The molecule has 1 rings (SSSR count). The number of methoxy groups -OCH3 is 1. The Bertz CT molecular complexity index is 202. The van der Waals surface area contributed by atoms with Gasteiger partial charge in [-0.1, -0.05) is 19.3 Å². The number of nitrogens with two attached hydrogens (primary N) is 1. The van der Waals surface area contributed by atoms with Crippen LogP contribution in [0, 0.1) is 5.41 Å². The molecule has 0 radical (unpaired) electrons. The van der Waals surface area contributed by atoms with Crippen LogP contribution >= 0.6 is 0 Å². The molecule has 0 aromatic rings. The Morgan fingerprint density at radius 1 is 1.31 bits per heavy atom. The van der Waals surface area contributed by atoms with Crippen molar-refractivity contribution in [3.63, 3.8) is 0 Å². The SMILES string of the molecule is COCCN(CCC(=N)N)C1CCCCC1. The topological polar surface area (TPSA) is 62.3 Å². The van der Waals surface area contributed by atoms with Gasteiger partial charge in [0.15, 0.2) is 0 Å². The minimum absolute atomic E-state index is 0.290. The van der Waals surface area contributed by atoms with Crippen molar-refractivity contribution in [3.8, 4) is 0 Å². The molecule has 0 unspecified atom stereocenters. The maximum atomic E-state index is 7.30. The van der Waals surface area contributed by atoms with E-state index in [1.165, 1.54) is 32.1 Å². The molecule has 0 spiro atoms. The second-order valence-corrected chi connectivity index (χ2v) is 4.60. The summed E-state index contributed by atoms with van der Waals surface area (Å²) in [5.74, 6) is 0.290. The van der Waals surface area contributed by atoms with Crippen LogP contribution in [0.1, 0.15) is 38.5 Å². The highest BCUT2D eigenvalue weighted by Crippen LogP contribution is 2.22. The lowest BCUT2D eigenvalue weighted by Gasteiger charge is -2.34. The van der Waals surface area contributed by atoms with Crippen LogP contribution < -0.4 is 5.73 Å². The third-order valence-corrected chi connectivity index (χ3v) is 3.34. The van der Waals surface area contributed by atoms with Crippen LogP contribution in [0.3, 0.4) is 0 Å². The first-order chi connectivity index (χ1) is 7.74. The summed E-state index contributed by atoms with van der Waals surface area (Å²) in [4.78, 5) is 2.45. The molecule has 1 saturated carbocycles. The number of nitrogens with one attached hydrogen (secondary N) is 1. The summed E-state index contributed by atoms with van der Waals surface area (Å²) in [5, 5.41) is 7.30. The quantitative estimate of drug-likeness (QED) is 0.513. The van der Waals surface area contributed by atoms with Crippen molar-refractivity contribution in [1.29, 1.82) is 5.41 Å². The Labute approximate surface area is 98.6 Å². The fraction of sp³-hybridized carbons (Fsp3) is 0.917.